The highest BCUT2D eigenvalue weighted by atomic mass is 32.2. The summed E-state index contributed by atoms with van der Waals surface area (Å²) >= 11 is 1.30. The molecule has 0 atom stereocenters. The molecule has 1 aromatic carbocycles. The number of hydrogen-bond donors (Lipinski definition) is 1. The lowest BCUT2D eigenvalue weighted by Crippen LogP contribution is -2.22. The van der Waals surface area contributed by atoms with Gasteiger partial charge in [0.15, 0.2) is 11.5 Å². The lowest BCUT2D eigenvalue weighted by atomic mass is 10.2. The van der Waals surface area contributed by atoms with Gasteiger partial charge in [-0.25, -0.2) is 18.1 Å². The normalized spacial score (nSPS) is 12.1. The van der Waals surface area contributed by atoms with Crippen molar-refractivity contribution in [2.24, 2.45) is 0 Å². The van der Waals surface area contributed by atoms with Crippen LogP contribution in [-0.2, 0) is 23.0 Å². The van der Waals surface area contributed by atoms with Crippen LogP contribution in [-0.4, -0.2) is 13.4 Å². The van der Waals surface area contributed by atoms with Crippen molar-refractivity contribution >= 4 is 32.5 Å². The number of benzene rings is 1. The predicted molar refractivity (Wildman–Crippen MR) is 86.5 cm³/mol. The number of fused-ring (bicyclic) bond motifs is 1. The molecule has 0 spiro atoms. The quantitative estimate of drug-likeness (QED) is 0.776. The first-order valence-corrected chi connectivity index (χ1v) is 9.22. The second kappa shape index (κ2) is 5.83. The first-order chi connectivity index (χ1) is 10.5. The Hall–Kier alpha value is -1.70. The highest BCUT2D eigenvalue weighted by molar-refractivity contribution is 7.91. The predicted octanol–water partition coefficient (Wildman–Crippen LogP) is 3.24. The minimum atomic E-state index is -3.47. The van der Waals surface area contributed by atoms with Gasteiger partial charge in [0.05, 0.1) is 0 Å². The summed E-state index contributed by atoms with van der Waals surface area (Å²) in [7, 11) is -3.47. The molecule has 22 heavy (non-hydrogen) atoms. The van der Waals surface area contributed by atoms with E-state index in [0.717, 1.165) is 22.4 Å². The van der Waals surface area contributed by atoms with E-state index in [1.54, 1.807) is 19.1 Å². The topological polar surface area (TPSA) is 72.2 Å². The maximum absolute atomic E-state index is 12.3. The van der Waals surface area contributed by atoms with Gasteiger partial charge in [-0.1, -0.05) is 13.0 Å². The number of rotatable bonds is 5. The number of aryl methyl sites for hydroxylation is 2. The lowest BCUT2D eigenvalue weighted by Gasteiger charge is -2.04. The summed E-state index contributed by atoms with van der Waals surface area (Å²) in [5.74, 6) is 0.596. The standard InChI is InChI=1S/C15H16N2O3S2/c1-3-12-5-7-15(21-12)22(18,19)16-9-11-4-6-14-13(8-11)17-10(2)20-14/h4-8,16H,3,9H2,1-2H3. The van der Waals surface area contributed by atoms with Crippen molar-refractivity contribution in [3.8, 4) is 0 Å². The minimum Gasteiger partial charge on any atom is -0.441 e. The highest BCUT2D eigenvalue weighted by Gasteiger charge is 2.16. The van der Waals surface area contributed by atoms with Gasteiger partial charge in [0.2, 0.25) is 10.0 Å². The monoisotopic (exact) mass is 336 g/mol. The molecule has 5 nitrogen and oxygen atoms in total. The zero-order valence-corrected chi connectivity index (χ0v) is 13.9. The van der Waals surface area contributed by atoms with Crippen LogP contribution >= 0.6 is 11.3 Å². The van der Waals surface area contributed by atoms with E-state index in [0.29, 0.717) is 15.7 Å². The summed E-state index contributed by atoms with van der Waals surface area (Å²) in [5.41, 5.74) is 2.28. The van der Waals surface area contributed by atoms with Crippen LogP contribution in [0.25, 0.3) is 11.1 Å². The van der Waals surface area contributed by atoms with Gasteiger partial charge in [-0.3, -0.25) is 0 Å². The molecule has 0 bridgehead atoms. The number of aromatic nitrogens is 1. The van der Waals surface area contributed by atoms with Crippen molar-refractivity contribution in [3.63, 3.8) is 0 Å². The van der Waals surface area contributed by atoms with Gasteiger partial charge in [0, 0.05) is 18.3 Å². The molecule has 0 aliphatic rings. The second-order valence-electron chi connectivity index (χ2n) is 4.93. The Morgan fingerprint density at radius 2 is 2.09 bits per heavy atom. The summed E-state index contributed by atoms with van der Waals surface area (Å²) < 4.78 is 32.9. The molecule has 0 aliphatic carbocycles. The zero-order chi connectivity index (χ0) is 15.7. The van der Waals surface area contributed by atoms with E-state index in [1.165, 1.54) is 11.3 Å². The number of thiophene rings is 1. The fourth-order valence-corrected chi connectivity index (χ4v) is 4.50. The molecule has 2 aromatic heterocycles. The molecular weight excluding hydrogens is 320 g/mol. The smallest absolute Gasteiger partial charge is 0.250 e. The summed E-state index contributed by atoms with van der Waals surface area (Å²) in [6.07, 6.45) is 0.836. The number of nitrogens with zero attached hydrogens (tertiary/aromatic N) is 1. The molecule has 0 fully saturated rings. The molecule has 7 heteroatoms. The van der Waals surface area contributed by atoms with E-state index >= 15 is 0 Å². The van der Waals surface area contributed by atoms with Gasteiger partial charge >= 0.3 is 0 Å². The Morgan fingerprint density at radius 3 is 2.82 bits per heavy atom. The minimum absolute atomic E-state index is 0.226. The van der Waals surface area contributed by atoms with Crippen LogP contribution in [0.4, 0.5) is 0 Å². The Labute approximate surface area is 133 Å². The molecule has 2 heterocycles. The summed E-state index contributed by atoms with van der Waals surface area (Å²) in [6.45, 7) is 4.01. The van der Waals surface area contributed by atoms with Gasteiger partial charge < -0.3 is 4.42 Å². The maximum atomic E-state index is 12.3. The van der Waals surface area contributed by atoms with E-state index < -0.39 is 10.0 Å². The molecule has 116 valence electrons. The number of nitrogens with one attached hydrogen (secondary N) is 1. The largest absolute Gasteiger partial charge is 0.441 e. The van der Waals surface area contributed by atoms with Crippen LogP contribution in [0.3, 0.4) is 0 Å². The van der Waals surface area contributed by atoms with Crippen molar-refractivity contribution in [1.82, 2.24) is 9.71 Å². The van der Waals surface area contributed by atoms with Gasteiger partial charge in [-0.2, -0.15) is 0 Å². The Bertz CT molecular complexity index is 910. The molecule has 1 N–H and O–H groups in total. The van der Waals surface area contributed by atoms with Gasteiger partial charge in [0.1, 0.15) is 9.73 Å². The van der Waals surface area contributed by atoms with Crippen molar-refractivity contribution in [2.75, 3.05) is 0 Å². The van der Waals surface area contributed by atoms with E-state index in [4.69, 9.17) is 4.42 Å². The lowest BCUT2D eigenvalue weighted by molar-refractivity contribution is 0.561. The molecule has 0 aliphatic heterocycles. The first kappa shape index (κ1) is 15.2. The molecule has 3 aromatic rings. The van der Waals surface area contributed by atoms with Gasteiger partial charge in [-0.15, -0.1) is 11.3 Å². The van der Waals surface area contributed by atoms with Crippen LogP contribution < -0.4 is 4.72 Å². The molecule has 0 unspecified atom stereocenters. The third-order valence-corrected chi connectivity index (χ3v) is 6.40. The van der Waals surface area contributed by atoms with Crippen molar-refractivity contribution < 1.29 is 12.8 Å². The van der Waals surface area contributed by atoms with Gasteiger partial charge in [0.25, 0.3) is 0 Å². The summed E-state index contributed by atoms with van der Waals surface area (Å²) in [5, 5.41) is 0. The third kappa shape index (κ3) is 3.06. The maximum Gasteiger partial charge on any atom is 0.250 e. The van der Waals surface area contributed by atoms with E-state index in [9.17, 15) is 8.42 Å². The fourth-order valence-electron chi connectivity index (χ4n) is 2.14. The summed E-state index contributed by atoms with van der Waals surface area (Å²) in [6, 6.07) is 8.97. The molecule has 0 amide bonds. The van der Waals surface area contributed by atoms with E-state index in [1.807, 2.05) is 25.1 Å². The van der Waals surface area contributed by atoms with Crippen LogP contribution in [0, 0.1) is 6.92 Å². The average Bonchev–Trinajstić information content (AvgIpc) is 3.10. The Balaban J connectivity index is 1.77. The van der Waals surface area contributed by atoms with E-state index in [-0.39, 0.29) is 6.54 Å². The fraction of sp³-hybridized carbons (Fsp3) is 0.267. The average molecular weight is 336 g/mol. The molecule has 0 saturated carbocycles. The van der Waals surface area contributed by atoms with E-state index in [2.05, 4.69) is 9.71 Å². The van der Waals surface area contributed by atoms with Crippen LogP contribution in [0.15, 0.2) is 39.0 Å². The second-order valence-corrected chi connectivity index (χ2v) is 8.10. The van der Waals surface area contributed by atoms with Crippen molar-refractivity contribution in [2.45, 2.75) is 31.0 Å². The van der Waals surface area contributed by atoms with Crippen molar-refractivity contribution in [3.05, 3.63) is 46.7 Å². The number of sulfonamides is 1. The first-order valence-electron chi connectivity index (χ1n) is 6.92. The van der Waals surface area contributed by atoms with Gasteiger partial charge in [-0.05, 0) is 36.2 Å². The third-order valence-electron chi connectivity index (χ3n) is 3.28. The van der Waals surface area contributed by atoms with Crippen LogP contribution in [0.5, 0.6) is 0 Å². The Kier molecular flexibility index (Phi) is 4.03. The molecule has 3 rings (SSSR count). The van der Waals surface area contributed by atoms with Crippen LogP contribution in [0.2, 0.25) is 0 Å². The number of hydrogen-bond acceptors (Lipinski definition) is 5. The molecular formula is C15H16N2O3S2. The SMILES string of the molecule is CCc1ccc(S(=O)(=O)NCc2ccc3oc(C)nc3c2)s1. The summed E-state index contributed by atoms with van der Waals surface area (Å²) in [4.78, 5) is 5.30. The van der Waals surface area contributed by atoms with Crippen molar-refractivity contribution in [1.29, 1.82) is 0 Å². The zero-order valence-electron chi connectivity index (χ0n) is 12.3. The molecule has 0 saturated heterocycles. The Morgan fingerprint density at radius 1 is 1.27 bits per heavy atom. The van der Waals surface area contributed by atoms with Crippen LogP contribution in [0.1, 0.15) is 23.3 Å². The molecule has 0 radical (unpaired) electrons. The highest BCUT2D eigenvalue weighted by Crippen LogP contribution is 2.22. The number of oxazole rings is 1.